The first-order chi connectivity index (χ1) is 9.65. The minimum absolute atomic E-state index is 0.343. The average molecular weight is 276 g/mol. The molecule has 0 spiro atoms. The largest absolute Gasteiger partial charge is 0.465 e. The van der Waals surface area contributed by atoms with Gasteiger partial charge < -0.3 is 15.4 Å². The van der Waals surface area contributed by atoms with Crippen LogP contribution in [0.4, 0.5) is 11.4 Å². The summed E-state index contributed by atoms with van der Waals surface area (Å²) in [6, 6.07) is 5.43. The van der Waals surface area contributed by atoms with E-state index in [1.165, 1.54) is 32.8 Å². The number of anilines is 2. The van der Waals surface area contributed by atoms with Crippen molar-refractivity contribution in [3.8, 4) is 0 Å². The summed E-state index contributed by atoms with van der Waals surface area (Å²) in [7, 11) is 1.38. The first-order valence-corrected chi connectivity index (χ1v) is 7.38. The number of nitrogen functional groups attached to an aromatic ring is 1. The molecule has 1 aliphatic rings. The number of piperidine rings is 1. The van der Waals surface area contributed by atoms with E-state index in [1.807, 2.05) is 6.07 Å². The molecule has 2 rings (SSSR count). The predicted molar refractivity (Wildman–Crippen MR) is 82.0 cm³/mol. The highest BCUT2D eigenvalue weighted by atomic mass is 16.5. The Hall–Kier alpha value is -1.71. The zero-order chi connectivity index (χ0) is 14.5. The van der Waals surface area contributed by atoms with Gasteiger partial charge in [0.25, 0.3) is 0 Å². The molecule has 20 heavy (non-hydrogen) atoms. The number of nitrogens with two attached hydrogens (primary N) is 1. The van der Waals surface area contributed by atoms with E-state index >= 15 is 0 Å². The molecular formula is C16H24N2O2. The molecular weight excluding hydrogens is 252 g/mol. The zero-order valence-electron chi connectivity index (χ0n) is 12.4. The first-order valence-electron chi connectivity index (χ1n) is 7.38. The van der Waals surface area contributed by atoms with E-state index in [1.54, 1.807) is 12.1 Å². The van der Waals surface area contributed by atoms with Gasteiger partial charge in [-0.05, 0) is 37.0 Å². The van der Waals surface area contributed by atoms with Crippen LogP contribution < -0.4 is 10.6 Å². The Morgan fingerprint density at radius 1 is 1.40 bits per heavy atom. The smallest absolute Gasteiger partial charge is 0.337 e. The molecule has 0 unspecified atom stereocenters. The summed E-state index contributed by atoms with van der Waals surface area (Å²) in [5.41, 5.74) is 8.29. The van der Waals surface area contributed by atoms with E-state index in [-0.39, 0.29) is 5.97 Å². The third-order valence-corrected chi connectivity index (χ3v) is 4.10. The normalized spacial score (nSPS) is 16.2. The van der Waals surface area contributed by atoms with Gasteiger partial charge in [0.1, 0.15) is 0 Å². The van der Waals surface area contributed by atoms with E-state index in [0.29, 0.717) is 11.3 Å². The fourth-order valence-corrected chi connectivity index (χ4v) is 2.96. The lowest BCUT2D eigenvalue weighted by Crippen LogP contribution is -2.34. The van der Waals surface area contributed by atoms with Gasteiger partial charge in [0.2, 0.25) is 0 Å². The van der Waals surface area contributed by atoms with Crippen LogP contribution in [0.25, 0.3) is 0 Å². The topological polar surface area (TPSA) is 55.6 Å². The van der Waals surface area contributed by atoms with Gasteiger partial charge in [-0.2, -0.15) is 0 Å². The van der Waals surface area contributed by atoms with Crippen LogP contribution in [-0.4, -0.2) is 26.2 Å². The van der Waals surface area contributed by atoms with Crippen molar-refractivity contribution in [2.24, 2.45) is 5.92 Å². The summed E-state index contributed by atoms with van der Waals surface area (Å²) in [5.74, 6) is 0.511. The first kappa shape index (κ1) is 14.7. The van der Waals surface area contributed by atoms with Crippen LogP contribution in [0.15, 0.2) is 18.2 Å². The van der Waals surface area contributed by atoms with Crippen LogP contribution in [0.1, 0.15) is 43.0 Å². The molecule has 4 heteroatoms. The minimum atomic E-state index is -0.343. The van der Waals surface area contributed by atoms with E-state index in [4.69, 9.17) is 10.5 Å². The van der Waals surface area contributed by atoms with Crippen LogP contribution >= 0.6 is 0 Å². The number of hydrogen-bond donors (Lipinski definition) is 1. The maximum Gasteiger partial charge on any atom is 0.337 e. The highest BCUT2D eigenvalue weighted by molar-refractivity contribution is 5.91. The molecule has 0 atom stereocenters. The molecule has 0 amide bonds. The number of ether oxygens (including phenoxy) is 1. The second kappa shape index (κ2) is 6.64. The van der Waals surface area contributed by atoms with Crippen molar-refractivity contribution >= 4 is 17.3 Å². The molecule has 1 saturated heterocycles. The van der Waals surface area contributed by atoms with Crippen molar-refractivity contribution < 1.29 is 9.53 Å². The maximum absolute atomic E-state index is 11.5. The van der Waals surface area contributed by atoms with Crippen molar-refractivity contribution in [2.75, 3.05) is 30.8 Å². The highest BCUT2D eigenvalue weighted by Crippen LogP contribution is 2.30. The Morgan fingerprint density at radius 2 is 2.10 bits per heavy atom. The number of nitrogens with zero attached hydrogens (tertiary/aromatic N) is 1. The Kier molecular flexibility index (Phi) is 4.88. The van der Waals surface area contributed by atoms with Gasteiger partial charge in [0.15, 0.2) is 0 Å². The highest BCUT2D eigenvalue weighted by Gasteiger charge is 2.20. The molecule has 0 aromatic heterocycles. The molecule has 0 bridgehead atoms. The second-order valence-electron chi connectivity index (χ2n) is 5.48. The van der Waals surface area contributed by atoms with Gasteiger partial charge >= 0.3 is 5.97 Å². The zero-order valence-corrected chi connectivity index (χ0v) is 12.4. The summed E-state index contributed by atoms with van der Waals surface area (Å²) in [6.07, 6.45) is 5.04. The average Bonchev–Trinajstić information content (AvgIpc) is 2.47. The van der Waals surface area contributed by atoms with Crippen molar-refractivity contribution in [1.82, 2.24) is 0 Å². The van der Waals surface area contributed by atoms with Crippen molar-refractivity contribution in [2.45, 2.75) is 32.6 Å². The Balaban J connectivity index is 2.05. The molecule has 1 aromatic rings. The van der Waals surface area contributed by atoms with Gasteiger partial charge in [0, 0.05) is 13.1 Å². The van der Waals surface area contributed by atoms with Crippen molar-refractivity contribution in [3.63, 3.8) is 0 Å². The minimum Gasteiger partial charge on any atom is -0.465 e. The van der Waals surface area contributed by atoms with Crippen molar-refractivity contribution in [3.05, 3.63) is 23.8 Å². The number of methoxy groups -OCH3 is 1. The molecule has 4 nitrogen and oxygen atoms in total. The van der Waals surface area contributed by atoms with Gasteiger partial charge in [-0.1, -0.05) is 19.8 Å². The molecule has 2 N–H and O–H groups in total. The van der Waals surface area contributed by atoms with Gasteiger partial charge in [0.05, 0.1) is 24.0 Å². The Morgan fingerprint density at radius 3 is 2.65 bits per heavy atom. The Labute approximate surface area is 120 Å². The van der Waals surface area contributed by atoms with Crippen molar-refractivity contribution in [1.29, 1.82) is 0 Å². The monoisotopic (exact) mass is 276 g/mol. The number of carbonyl (C=O) groups is 1. The molecule has 0 radical (unpaired) electrons. The van der Waals surface area contributed by atoms with Crippen LogP contribution in [0, 0.1) is 5.92 Å². The molecule has 1 aliphatic heterocycles. The summed E-state index contributed by atoms with van der Waals surface area (Å²) < 4.78 is 4.71. The molecule has 0 aliphatic carbocycles. The van der Waals surface area contributed by atoms with E-state index in [0.717, 1.165) is 24.7 Å². The number of esters is 1. The second-order valence-corrected chi connectivity index (χ2v) is 5.48. The molecule has 1 aromatic carbocycles. The summed E-state index contributed by atoms with van der Waals surface area (Å²) in [6.45, 7) is 4.34. The van der Waals surface area contributed by atoms with E-state index in [9.17, 15) is 4.79 Å². The van der Waals surface area contributed by atoms with Crippen LogP contribution in [0.2, 0.25) is 0 Å². The molecule has 1 fully saturated rings. The standard InChI is InChI=1S/C16H24N2O2/c1-3-4-12-7-9-18(10-8-12)15-6-5-13(11-14(15)17)16(19)20-2/h5-6,11-12H,3-4,7-10,17H2,1-2H3. The molecule has 0 saturated carbocycles. The van der Waals surface area contributed by atoms with Crippen LogP contribution in [-0.2, 0) is 4.74 Å². The molecule has 110 valence electrons. The van der Waals surface area contributed by atoms with Crippen LogP contribution in [0.3, 0.4) is 0 Å². The number of benzene rings is 1. The summed E-state index contributed by atoms with van der Waals surface area (Å²) in [4.78, 5) is 13.8. The van der Waals surface area contributed by atoms with Gasteiger partial charge in [-0.3, -0.25) is 0 Å². The quantitative estimate of drug-likeness (QED) is 0.678. The third kappa shape index (κ3) is 3.24. The van der Waals surface area contributed by atoms with Crippen LogP contribution in [0.5, 0.6) is 0 Å². The Bertz CT molecular complexity index is 466. The third-order valence-electron chi connectivity index (χ3n) is 4.10. The number of hydrogen-bond acceptors (Lipinski definition) is 4. The van der Waals surface area contributed by atoms with E-state index < -0.39 is 0 Å². The predicted octanol–water partition coefficient (Wildman–Crippen LogP) is 3.07. The fraction of sp³-hybridized carbons (Fsp3) is 0.562. The molecule has 1 heterocycles. The number of rotatable bonds is 4. The van der Waals surface area contributed by atoms with E-state index in [2.05, 4.69) is 11.8 Å². The van der Waals surface area contributed by atoms with Gasteiger partial charge in [-0.15, -0.1) is 0 Å². The lowest BCUT2D eigenvalue weighted by atomic mass is 9.92. The summed E-state index contributed by atoms with van der Waals surface area (Å²) >= 11 is 0. The van der Waals surface area contributed by atoms with Gasteiger partial charge in [-0.25, -0.2) is 4.79 Å². The fourth-order valence-electron chi connectivity index (χ4n) is 2.96. The summed E-state index contributed by atoms with van der Waals surface area (Å²) in [5, 5.41) is 0. The SMILES string of the molecule is CCCC1CCN(c2ccc(C(=O)OC)cc2N)CC1. The lowest BCUT2D eigenvalue weighted by molar-refractivity contribution is 0.0601. The maximum atomic E-state index is 11.5. The number of carbonyl (C=O) groups excluding carboxylic acids is 1. The lowest BCUT2D eigenvalue weighted by Gasteiger charge is -2.34.